The Bertz CT molecular complexity index is 3340. The van der Waals surface area contributed by atoms with Gasteiger partial charge in [-0.25, -0.2) is 31.8 Å². The molecule has 6 heterocycles. The summed E-state index contributed by atoms with van der Waals surface area (Å²) in [6.07, 6.45) is 12.5. The minimum absolute atomic E-state index is 0.0321. The molecule has 0 atom stereocenters. The number of imidazole rings is 1. The number of rotatable bonds is 10. The second-order valence-corrected chi connectivity index (χ2v) is 18.1. The van der Waals surface area contributed by atoms with Crippen LogP contribution in [0.15, 0.2) is 159 Å². The summed E-state index contributed by atoms with van der Waals surface area (Å²) in [4.78, 5) is 41.3. The largest absolute Gasteiger partial charge is 0.449 e. The number of fused-ring (bicyclic) bond motifs is 3. The Kier molecular flexibility index (Phi) is 11.4. The Labute approximate surface area is 359 Å². The van der Waals surface area contributed by atoms with E-state index in [2.05, 4.69) is 35.7 Å². The van der Waals surface area contributed by atoms with Gasteiger partial charge in [0.05, 0.1) is 43.2 Å². The van der Waals surface area contributed by atoms with E-state index in [4.69, 9.17) is 16.0 Å². The van der Waals surface area contributed by atoms with Crippen LogP contribution in [-0.2, 0) is 39.8 Å². The Morgan fingerprint density at radius 1 is 0.742 bits per heavy atom. The number of carbonyl (C=O) groups is 2. The summed E-state index contributed by atoms with van der Waals surface area (Å²) in [5, 5.41) is 11.6. The number of pyridine rings is 2. The molecule has 2 N–H and O–H groups in total. The van der Waals surface area contributed by atoms with E-state index in [9.17, 15) is 26.4 Å². The molecule has 0 aliphatic heterocycles. The molecule has 0 radical (unpaired) electrons. The normalized spacial score (nSPS) is 11.7. The van der Waals surface area contributed by atoms with Crippen LogP contribution in [0.3, 0.4) is 0 Å². The van der Waals surface area contributed by atoms with Crippen molar-refractivity contribution in [3.63, 3.8) is 0 Å². The number of nitrogens with one attached hydrogen (secondary N) is 2. The van der Waals surface area contributed by atoms with Gasteiger partial charge in [-0.1, -0.05) is 48.0 Å². The van der Waals surface area contributed by atoms with Gasteiger partial charge in [-0.2, -0.15) is 5.10 Å². The van der Waals surface area contributed by atoms with Gasteiger partial charge in [0, 0.05) is 68.1 Å². The molecule has 0 spiro atoms. The van der Waals surface area contributed by atoms with Crippen LogP contribution in [0, 0.1) is 6.92 Å². The fraction of sp³-hybridized carbons (Fsp3) is 0.0930. The van der Waals surface area contributed by atoms with Crippen molar-refractivity contribution in [2.45, 2.75) is 39.7 Å². The maximum atomic E-state index is 13.2. The zero-order chi connectivity index (χ0) is 43.6. The number of furan rings is 1. The quantitative estimate of drug-likeness (QED) is 0.154. The summed E-state index contributed by atoms with van der Waals surface area (Å²) >= 11 is 5.86. The van der Waals surface area contributed by atoms with Gasteiger partial charge in [-0.3, -0.25) is 23.7 Å². The highest BCUT2D eigenvalue weighted by Crippen LogP contribution is 2.29. The number of hydrogen-bond donors (Lipinski definition) is 2. The van der Waals surface area contributed by atoms with Gasteiger partial charge in [-0.05, 0) is 72.1 Å². The molecule has 19 heteroatoms. The molecular formula is C43H34ClN9O7S2. The lowest BCUT2D eigenvalue weighted by Crippen LogP contribution is -2.23. The number of aryl methyl sites for hydroxylation is 2. The SMILES string of the molecule is Cc1cc(Cl)cnc1S(=O)(=O)c1ccc(CNC(=O)c2cnc3nccn3c2)cc1.Cn1ncc2cccc(S(=O)(=O)c3ccc(CNC(=O)c4cc5ccncc5o4)cc3)c21. The Hall–Kier alpha value is -7.28. The van der Waals surface area contributed by atoms with Gasteiger partial charge in [0.1, 0.15) is 0 Å². The van der Waals surface area contributed by atoms with Crippen molar-refractivity contribution in [1.82, 2.24) is 44.8 Å². The van der Waals surface area contributed by atoms with E-state index >= 15 is 0 Å². The molecule has 0 unspecified atom stereocenters. The lowest BCUT2D eigenvalue weighted by atomic mass is 10.2. The number of hydrogen-bond acceptors (Lipinski definition) is 12. The molecule has 0 bridgehead atoms. The molecule has 2 amide bonds. The standard InChI is InChI=1S/C23H18N4O4S.C20H16ClN5O3S/c1-27-22-17(13-26-27)3-2-4-21(22)32(29,30)18-7-5-15(6-8-18)12-25-23(28)19-11-16-9-10-24-14-20(16)31-19;1-13-8-16(21)11-24-19(13)30(28,29)17-4-2-14(3-5-17)9-23-18(27)15-10-25-20-22-6-7-26(20)12-15/h2-11,13-14H,12H2,1H3,(H,25,28);2-8,10-12H,9H2,1H3,(H,23,27). The summed E-state index contributed by atoms with van der Waals surface area (Å²) in [6.45, 7) is 2.11. The first kappa shape index (κ1) is 41.5. The van der Waals surface area contributed by atoms with Crippen molar-refractivity contribution >= 4 is 70.7 Å². The van der Waals surface area contributed by atoms with Crippen molar-refractivity contribution in [1.29, 1.82) is 0 Å². The number of amides is 2. The predicted molar refractivity (Wildman–Crippen MR) is 228 cm³/mol. The smallest absolute Gasteiger partial charge is 0.287 e. The number of para-hydroxylation sites is 1. The molecule has 312 valence electrons. The van der Waals surface area contributed by atoms with Gasteiger partial charge in [0.2, 0.25) is 25.5 Å². The van der Waals surface area contributed by atoms with Gasteiger partial charge in [0.25, 0.3) is 11.8 Å². The molecule has 9 aromatic rings. The highest BCUT2D eigenvalue weighted by Gasteiger charge is 2.24. The molecule has 0 saturated carbocycles. The highest BCUT2D eigenvalue weighted by atomic mass is 35.5. The number of sulfone groups is 2. The van der Waals surface area contributed by atoms with Gasteiger partial charge in [0.15, 0.2) is 16.4 Å². The molecule has 3 aromatic carbocycles. The average Bonchev–Trinajstić information content (AvgIpc) is 4.03. The molecular weight excluding hydrogens is 854 g/mol. The van der Waals surface area contributed by atoms with E-state index in [0.717, 1.165) is 21.9 Å². The second-order valence-electron chi connectivity index (χ2n) is 13.9. The van der Waals surface area contributed by atoms with Crippen LogP contribution in [0.5, 0.6) is 0 Å². The second kappa shape index (κ2) is 17.0. The van der Waals surface area contributed by atoms with E-state index in [1.54, 1.807) is 127 Å². The summed E-state index contributed by atoms with van der Waals surface area (Å²) in [5.41, 5.74) is 3.47. The molecule has 16 nitrogen and oxygen atoms in total. The summed E-state index contributed by atoms with van der Waals surface area (Å²) in [5.74, 6) is 0.0433. The van der Waals surface area contributed by atoms with E-state index in [1.165, 1.54) is 24.5 Å². The van der Waals surface area contributed by atoms with E-state index in [1.807, 2.05) is 6.07 Å². The maximum Gasteiger partial charge on any atom is 0.287 e. The first-order valence-corrected chi connectivity index (χ1v) is 22.0. The Balaban J connectivity index is 0.000000171. The minimum Gasteiger partial charge on any atom is -0.449 e. The minimum atomic E-state index is -3.77. The number of halogens is 1. The molecule has 0 aliphatic rings. The van der Waals surface area contributed by atoms with Crippen LogP contribution >= 0.6 is 11.6 Å². The zero-order valence-corrected chi connectivity index (χ0v) is 35.2. The fourth-order valence-electron chi connectivity index (χ4n) is 6.52. The fourth-order valence-corrected chi connectivity index (χ4v) is 9.63. The van der Waals surface area contributed by atoms with Crippen molar-refractivity contribution in [3.8, 4) is 0 Å². The van der Waals surface area contributed by atoms with Crippen LogP contribution in [0.25, 0.3) is 27.6 Å². The van der Waals surface area contributed by atoms with Crippen LogP contribution in [0.2, 0.25) is 5.02 Å². The highest BCUT2D eigenvalue weighted by molar-refractivity contribution is 7.92. The van der Waals surface area contributed by atoms with Crippen LogP contribution in [0.1, 0.15) is 37.6 Å². The van der Waals surface area contributed by atoms with E-state index < -0.39 is 19.7 Å². The first-order valence-electron chi connectivity index (χ1n) is 18.7. The lowest BCUT2D eigenvalue weighted by molar-refractivity contribution is 0.0923. The lowest BCUT2D eigenvalue weighted by Gasteiger charge is -2.09. The monoisotopic (exact) mass is 887 g/mol. The number of carbonyl (C=O) groups excluding carboxylic acids is 2. The molecule has 0 fully saturated rings. The molecule has 9 rings (SSSR count). The van der Waals surface area contributed by atoms with Crippen LogP contribution in [-0.4, -0.2) is 62.8 Å². The average molecular weight is 888 g/mol. The van der Waals surface area contributed by atoms with Crippen molar-refractivity contribution < 1.29 is 30.8 Å². The summed E-state index contributed by atoms with van der Waals surface area (Å²) < 4.78 is 60.8. The van der Waals surface area contributed by atoms with Crippen LogP contribution in [0.4, 0.5) is 0 Å². The number of aromatic nitrogens is 7. The number of nitrogens with zero attached hydrogens (tertiary/aromatic N) is 7. The van der Waals surface area contributed by atoms with Gasteiger partial charge >= 0.3 is 0 Å². The topological polar surface area (TPSA) is 213 Å². The summed E-state index contributed by atoms with van der Waals surface area (Å²) in [7, 11) is -5.79. The van der Waals surface area contributed by atoms with Gasteiger partial charge in [-0.15, -0.1) is 0 Å². The zero-order valence-electron chi connectivity index (χ0n) is 32.8. The Morgan fingerprint density at radius 3 is 2.13 bits per heavy atom. The van der Waals surface area contributed by atoms with E-state index in [-0.39, 0.29) is 50.4 Å². The molecule has 6 aromatic heterocycles. The van der Waals surface area contributed by atoms with E-state index in [0.29, 0.717) is 33.0 Å². The third-order valence-electron chi connectivity index (χ3n) is 9.69. The molecule has 0 saturated heterocycles. The first-order chi connectivity index (χ1) is 29.8. The van der Waals surface area contributed by atoms with Crippen molar-refractivity contribution in [2.24, 2.45) is 7.05 Å². The maximum absolute atomic E-state index is 13.2. The number of benzene rings is 3. The Morgan fingerprint density at radius 2 is 1.44 bits per heavy atom. The van der Waals surface area contributed by atoms with Crippen molar-refractivity contribution in [2.75, 3.05) is 0 Å². The third kappa shape index (κ3) is 8.51. The van der Waals surface area contributed by atoms with Gasteiger partial charge < -0.3 is 15.1 Å². The predicted octanol–water partition coefficient (Wildman–Crippen LogP) is 6.33. The van der Waals surface area contributed by atoms with Crippen molar-refractivity contribution in [3.05, 3.63) is 168 Å². The van der Waals surface area contributed by atoms with Crippen LogP contribution < -0.4 is 10.6 Å². The third-order valence-corrected chi connectivity index (χ3v) is 13.5. The summed E-state index contributed by atoms with van der Waals surface area (Å²) in [6, 6.07) is 22.8. The molecule has 0 aliphatic carbocycles. The molecule has 62 heavy (non-hydrogen) atoms.